The van der Waals surface area contributed by atoms with Gasteiger partial charge in [-0.15, -0.1) is 22.7 Å². The summed E-state index contributed by atoms with van der Waals surface area (Å²) in [6, 6.07) is 7.97. The van der Waals surface area contributed by atoms with Gasteiger partial charge in [0.2, 0.25) is 0 Å². The number of amides is 1. The molecule has 26 heavy (non-hydrogen) atoms. The zero-order valence-electron chi connectivity index (χ0n) is 14.8. The molecular weight excluding hydrogens is 366 g/mol. The van der Waals surface area contributed by atoms with Crippen molar-refractivity contribution in [2.24, 2.45) is 0 Å². The molecule has 0 bridgehead atoms. The molecule has 0 saturated carbocycles. The van der Waals surface area contributed by atoms with E-state index in [-0.39, 0.29) is 18.6 Å². The minimum Gasteiger partial charge on any atom is -0.452 e. The molecule has 0 aliphatic carbocycles. The first-order valence-corrected chi connectivity index (χ1v) is 10.7. The summed E-state index contributed by atoms with van der Waals surface area (Å²) < 4.78 is 5.40. The molecule has 2 aromatic rings. The van der Waals surface area contributed by atoms with Gasteiger partial charge in [0.25, 0.3) is 5.91 Å². The van der Waals surface area contributed by atoms with Gasteiger partial charge in [0.1, 0.15) is 0 Å². The minimum atomic E-state index is -0.445. The van der Waals surface area contributed by atoms with Crippen molar-refractivity contribution in [2.75, 3.05) is 13.2 Å². The van der Waals surface area contributed by atoms with E-state index in [9.17, 15) is 9.59 Å². The van der Waals surface area contributed by atoms with Crippen LogP contribution in [0.4, 0.5) is 0 Å². The molecule has 6 heteroatoms. The van der Waals surface area contributed by atoms with Gasteiger partial charge in [-0.25, -0.2) is 4.79 Å². The molecule has 3 heterocycles. The van der Waals surface area contributed by atoms with Crippen LogP contribution in [0.3, 0.4) is 0 Å². The summed E-state index contributed by atoms with van der Waals surface area (Å²) in [5.41, 5.74) is 0.501. The van der Waals surface area contributed by atoms with Crippen LogP contribution < -0.4 is 0 Å². The third-order valence-electron chi connectivity index (χ3n) is 4.58. The van der Waals surface area contributed by atoms with E-state index in [4.69, 9.17) is 4.74 Å². The average molecular weight is 390 g/mol. The number of carbonyl (C=O) groups excluding carboxylic acids is 2. The smallest absolute Gasteiger partial charge is 0.340 e. The number of likely N-dealkylation sites (tertiary alicyclic amines) is 1. The lowest BCUT2D eigenvalue weighted by Gasteiger charge is -2.35. The Morgan fingerprint density at radius 1 is 1.23 bits per heavy atom. The molecule has 1 saturated heterocycles. The highest BCUT2D eigenvalue weighted by molar-refractivity contribution is 7.12. The molecule has 3 rings (SSSR count). The second-order valence-corrected chi connectivity index (χ2v) is 8.20. The SMILES string of the molecule is CC[C@H]1CCCCN1C(=O)COC(=O)/C(=C/c1cccs1)c1cccs1. The number of ether oxygens (including phenoxy) is 1. The number of carbonyl (C=O) groups is 2. The minimum absolute atomic E-state index is 0.0912. The van der Waals surface area contributed by atoms with Crippen molar-refractivity contribution in [1.29, 1.82) is 0 Å². The lowest BCUT2D eigenvalue weighted by Crippen LogP contribution is -2.45. The second kappa shape index (κ2) is 9.14. The molecule has 2 aromatic heterocycles. The first kappa shape index (κ1) is 18.9. The van der Waals surface area contributed by atoms with Gasteiger partial charge in [-0.1, -0.05) is 19.1 Å². The van der Waals surface area contributed by atoms with Crippen LogP contribution in [0, 0.1) is 0 Å². The average Bonchev–Trinajstić information content (AvgIpc) is 3.37. The van der Waals surface area contributed by atoms with E-state index in [2.05, 4.69) is 6.92 Å². The summed E-state index contributed by atoms with van der Waals surface area (Å²) in [6.07, 6.45) is 6.00. The fraction of sp³-hybridized carbons (Fsp3) is 0.400. The third kappa shape index (κ3) is 4.62. The van der Waals surface area contributed by atoms with Crippen molar-refractivity contribution in [1.82, 2.24) is 4.90 Å². The van der Waals surface area contributed by atoms with Crippen LogP contribution in [0.2, 0.25) is 0 Å². The number of esters is 1. The molecule has 138 valence electrons. The van der Waals surface area contributed by atoms with Gasteiger partial charge in [-0.3, -0.25) is 4.79 Å². The van der Waals surface area contributed by atoms with E-state index < -0.39 is 5.97 Å². The van der Waals surface area contributed by atoms with Crippen molar-refractivity contribution in [2.45, 2.75) is 38.6 Å². The second-order valence-electron chi connectivity index (χ2n) is 6.27. The molecule has 1 aliphatic heterocycles. The maximum absolute atomic E-state index is 12.7. The molecule has 4 nitrogen and oxygen atoms in total. The van der Waals surface area contributed by atoms with Crippen LogP contribution in [0.15, 0.2) is 35.0 Å². The lowest BCUT2D eigenvalue weighted by molar-refractivity contribution is -0.149. The van der Waals surface area contributed by atoms with Crippen LogP contribution in [0.25, 0.3) is 11.6 Å². The standard InChI is InChI=1S/C20H23NO3S2/c1-2-15-7-3-4-10-21(15)19(22)14-24-20(23)17(18-9-6-12-26-18)13-16-8-5-11-25-16/h5-6,8-9,11-13,15H,2-4,7,10,14H2,1H3/b17-13+/t15-/m0/s1. The van der Waals surface area contributed by atoms with E-state index in [1.165, 1.54) is 11.3 Å². The molecule has 0 unspecified atom stereocenters. The molecule has 0 spiro atoms. The van der Waals surface area contributed by atoms with E-state index >= 15 is 0 Å². The molecule has 0 radical (unpaired) electrons. The van der Waals surface area contributed by atoms with Crippen molar-refractivity contribution in [3.63, 3.8) is 0 Å². The van der Waals surface area contributed by atoms with Crippen molar-refractivity contribution < 1.29 is 14.3 Å². The van der Waals surface area contributed by atoms with E-state index in [0.29, 0.717) is 5.57 Å². The molecule has 1 fully saturated rings. The van der Waals surface area contributed by atoms with Crippen molar-refractivity contribution >= 4 is 46.2 Å². The zero-order valence-corrected chi connectivity index (χ0v) is 16.5. The Labute approximate surface area is 162 Å². The summed E-state index contributed by atoms with van der Waals surface area (Å²) in [4.78, 5) is 28.9. The van der Waals surface area contributed by atoms with Crippen LogP contribution in [0.1, 0.15) is 42.4 Å². The summed E-state index contributed by atoms with van der Waals surface area (Å²) >= 11 is 3.05. The number of hydrogen-bond acceptors (Lipinski definition) is 5. The van der Waals surface area contributed by atoms with Gasteiger partial charge in [0.15, 0.2) is 6.61 Å². The Morgan fingerprint density at radius 2 is 2.04 bits per heavy atom. The van der Waals surface area contributed by atoms with Gasteiger partial charge in [0.05, 0.1) is 5.57 Å². The quantitative estimate of drug-likeness (QED) is 0.532. The van der Waals surface area contributed by atoms with Gasteiger partial charge in [-0.2, -0.15) is 0 Å². The maximum Gasteiger partial charge on any atom is 0.340 e. The number of piperidine rings is 1. The van der Waals surface area contributed by atoms with Gasteiger partial charge >= 0.3 is 5.97 Å². The largest absolute Gasteiger partial charge is 0.452 e. The fourth-order valence-corrected chi connectivity index (χ4v) is 4.61. The highest BCUT2D eigenvalue weighted by Crippen LogP contribution is 2.26. The Balaban J connectivity index is 1.67. The molecule has 1 aliphatic rings. The Morgan fingerprint density at radius 3 is 2.73 bits per heavy atom. The monoisotopic (exact) mass is 389 g/mol. The van der Waals surface area contributed by atoms with Crippen LogP contribution in [-0.2, 0) is 14.3 Å². The third-order valence-corrected chi connectivity index (χ3v) is 6.30. The Bertz CT molecular complexity index is 750. The molecule has 0 aromatic carbocycles. The van der Waals surface area contributed by atoms with Crippen molar-refractivity contribution in [3.05, 3.63) is 44.8 Å². The van der Waals surface area contributed by atoms with Gasteiger partial charge in [-0.05, 0) is 54.7 Å². The summed E-state index contributed by atoms with van der Waals surface area (Å²) in [6.45, 7) is 2.67. The van der Waals surface area contributed by atoms with Crippen molar-refractivity contribution in [3.8, 4) is 0 Å². The van der Waals surface area contributed by atoms with E-state index in [0.717, 1.165) is 42.0 Å². The molecule has 0 N–H and O–H groups in total. The van der Waals surface area contributed by atoms with E-state index in [1.807, 2.05) is 46.0 Å². The number of nitrogens with zero attached hydrogens (tertiary/aromatic N) is 1. The first-order valence-electron chi connectivity index (χ1n) is 8.94. The Hall–Kier alpha value is -1.92. The van der Waals surface area contributed by atoms with Crippen LogP contribution in [-0.4, -0.2) is 36.0 Å². The lowest BCUT2D eigenvalue weighted by atomic mass is 10.00. The number of hydrogen-bond donors (Lipinski definition) is 0. The number of rotatable bonds is 6. The van der Waals surface area contributed by atoms with E-state index in [1.54, 1.807) is 11.3 Å². The Kier molecular flexibility index (Phi) is 6.63. The molecule has 1 atom stereocenters. The highest BCUT2D eigenvalue weighted by atomic mass is 32.1. The van der Waals surface area contributed by atoms with Gasteiger partial charge in [0, 0.05) is 22.3 Å². The topological polar surface area (TPSA) is 46.6 Å². The highest BCUT2D eigenvalue weighted by Gasteiger charge is 2.26. The summed E-state index contributed by atoms with van der Waals surface area (Å²) in [5, 5.41) is 3.89. The van der Waals surface area contributed by atoms with Gasteiger partial charge < -0.3 is 9.64 Å². The number of thiophene rings is 2. The fourth-order valence-electron chi connectivity index (χ4n) is 3.22. The predicted molar refractivity (Wildman–Crippen MR) is 107 cm³/mol. The normalized spacial score (nSPS) is 18.0. The zero-order chi connectivity index (χ0) is 18.4. The summed E-state index contributed by atoms with van der Waals surface area (Å²) in [7, 11) is 0. The summed E-state index contributed by atoms with van der Waals surface area (Å²) in [5.74, 6) is -0.536. The first-order chi connectivity index (χ1) is 12.7. The maximum atomic E-state index is 12.7. The molecule has 1 amide bonds. The predicted octanol–water partition coefficient (Wildman–Crippen LogP) is 4.68. The van der Waals surface area contributed by atoms with Crippen LogP contribution >= 0.6 is 22.7 Å². The molecular formula is C20H23NO3S2. The van der Waals surface area contributed by atoms with Crippen LogP contribution in [0.5, 0.6) is 0 Å².